The van der Waals surface area contributed by atoms with E-state index in [9.17, 15) is 9.59 Å². The Balaban J connectivity index is 1.73. The summed E-state index contributed by atoms with van der Waals surface area (Å²) < 4.78 is 4.99. The van der Waals surface area contributed by atoms with Crippen molar-refractivity contribution in [1.82, 2.24) is 5.32 Å². The summed E-state index contributed by atoms with van der Waals surface area (Å²) in [5, 5.41) is 3.05. The molecule has 2 rings (SSSR count). The minimum Gasteiger partial charge on any atom is -0.455 e. The number of hydrogen-bond donors (Lipinski definition) is 1. The number of halogens is 1. The molecule has 6 heteroatoms. The molecule has 1 fully saturated rings. The van der Waals surface area contributed by atoms with Gasteiger partial charge < -0.3 is 10.1 Å². The van der Waals surface area contributed by atoms with E-state index in [0.29, 0.717) is 5.02 Å². The highest BCUT2D eigenvalue weighted by Crippen LogP contribution is 2.25. The Morgan fingerprint density at radius 2 is 2.05 bits per heavy atom. The molecule has 1 amide bonds. The molecule has 1 N–H and O–H groups in total. The summed E-state index contributed by atoms with van der Waals surface area (Å²) in [4.78, 5) is 24.1. The van der Waals surface area contributed by atoms with E-state index < -0.39 is 5.97 Å². The zero-order valence-electron chi connectivity index (χ0n) is 11.1. The van der Waals surface area contributed by atoms with Gasteiger partial charge in [0, 0.05) is 16.0 Å². The van der Waals surface area contributed by atoms with Crippen LogP contribution < -0.4 is 5.32 Å². The monoisotopic (exact) mass is 313 g/mol. The van der Waals surface area contributed by atoms with Crippen molar-refractivity contribution in [3.05, 3.63) is 29.3 Å². The number of nitrogens with one attached hydrogen (secondary N) is 1. The Hall–Kier alpha value is -1.20. The SMILES string of the molecule is C[C@H](Sc1ccc(Cl)cc1)C(=O)OCC(=O)NC1CC1. The maximum atomic E-state index is 11.8. The van der Waals surface area contributed by atoms with E-state index in [2.05, 4.69) is 5.32 Å². The van der Waals surface area contributed by atoms with Gasteiger partial charge in [0.2, 0.25) is 0 Å². The van der Waals surface area contributed by atoms with Crippen molar-refractivity contribution in [2.45, 2.75) is 36.0 Å². The van der Waals surface area contributed by atoms with E-state index in [1.165, 1.54) is 11.8 Å². The maximum Gasteiger partial charge on any atom is 0.319 e. The molecule has 0 unspecified atom stereocenters. The Morgan fingerprint density at radius 3 is 2.65 bits per heavy atom. The average molecular weight is 314 g/mol. The van der Waals surface area contributed by atoms with E-state index in [1.807, 2.05) is 12.1 Å². The summed E-state index contributed by atoms with van der Waals surface area (Å²) in [6.45, 7) is 1.54. The van der Waals surface area contributed by atoms with Crippen LogP contribution in [0, 0.1) is 0 Å². The molecule has 20 heavy (non-hydrogen) atoms. The first-order chi connectivity index (χ1) is 9.54. The number of hydrogen-bond acceptors (Lipinski definition) is 4. The lowest BCUT2D eigenvalue weighted by Gasteiger charge is -2.11. The summed E-state index contributed by atoms with van der Waals surface area (Å²) in [6, 6.07) is 7.51. The summed E-state index contributed by atoms with van der Waals surface area (Å²) in [5.74, 6) is -0.625. The second-order valence-electron chi connectivity index (χ2n) is 4.66. The lowest BCUT2D eigenvalue weighted by Crippen LogP contribution is -2.31. The molecule has 1 aromatic rings. The quantitative estimate of drug-likeness (QED) is 0.648. The fourth-order valence-electron chi connectivity index (χ4n) is 1.52. The number of thioether (sulfide) groups is 1. The predicted octanol–water partition coefficient (Wildman–Crippen LogP) is 2.64. The summed E-state index contributed by atoms with van der Waals surface area (Å²) in [7, 11) is 0. The molecule has 1 aromatic carbocycles. The zero-order valence-corrected chi connectivity index (χ0v) is 12.7. The molecular formula is C14H16ClNO3S. The highest BCUT2D eigenvalue weighted by molar-refractivity contribution is 8.00. The lowest BCUT2D eigenvalue weighted by atomic mass is 10.4. The van der Waals surface area contributed by atoms with Gasteiger partial charge in [-0.25, -0.2) is 0 Å². The highest BCUT2D eigenvalue weighted by atomic mass is 35.5. The van der Waals surface area contributed by atoms with Gasteiger partial charge in [-0.3, -0.25) is 9.59 Å². The molecule has 0 radical (unpaired) electrons. The summed E-state index contributed by atoms with van der Waals surface area (Å²) in [5.41, 5.74) is 0. The first kappa shape index (κ1) is 15.2. The molecule has 1 aliphatic carbocycles. The van der Waals surface area contributed by atoms with Gasteiger partial charge in [-0.1, -0.05) is 11.6 Å². The number of rotatable bonds is 6. The van der Waals surface area contributed by atoms with E-state index in [4.69, 9.17) is 16.3 Å². The Morgan fingerprint density at radius 1 is 1.40 bits per heavy atom. The summed E-state index contributed by atoms with van der Waals surface area (Å²) in [6.07, 6.45) is 2.03. The molecular weight excluding hydrogens is 298 g/mol. The van der Waals surface area contributed by atoms with Gasteiger partial charge in [0.05, 0.1) is 0 Å². The topological polar surface area (TPSA) is 55.4 Å². The second-order valence-corrected chi connectivity index (χ2v) is 6.51. The third-order valence-electron chi connectivity index (χ3n) is 2.75. The van der Waals surface area contributed by atoms with E-state index in [1.54, 1.807) is 19.1 Å². The molecule has 108 valence electrons. The first-order valence-corrected chi connectivity index (χ1v) is 7.68. The van der Waals surface area contributed by atoms with Crippen LogP contribution in [-0.4, -0.2) is 29.8 Å². The van der Waals surface area contributed by atoms with Gasteiger partial charge in [0.1, 0.15) is 5.25 Å². The van der Waals surface area contributed by atoms with Crippen molar-refractivity contribution < 1.29 is 14.3 Å². The van der Waals surface area contributed by atoms with Crippen molar-refractivity contribution in [2.75, 3.05) is 6.61 Å². The van der Waals surface area contributed by atoms with Crippen LogP contribution in [0.15, 0.2) is 29.2 Å². The number of ether oxygens (including phenoxy) is 1. The lowest BCUT2D eigenvalue weighted by molar-refractivity contribution is -0.147. The molecule has 0 saturated heterocycles. The van der Waals surface area contributed by atoms with Crippen LogP contribution in [0.3, 0.4) is 0 Å². The van der Waals surface area contributed by atoms with Crippen molar-refractivity contribution in [3.8, 4) is 0 Å². The molecule has 1 saturated carbocycles. The minimum atomic E-state index is -0.393. The predicted molar refractivity (Wildman–Crippen MR) is 78.9 cm³/mol. The molecule has 1 aliphatic rings. The van der Waals surface area contributed by atoms with Gasteiger partial charge in [-0.15, -0.1) is 11.8 Å². The standard InChI is InChI=1S/C14H16ClNO3S/c1-9(20-12-6-2-10(15)3-7-12)14(18)19-8-13(17)16-11-4-5-11/h2-3,6-7,9,11H,4-5,8H2,1H3,(H,16,17)/t9-/m0/s1. The third kappa shape index (κ3) is 5.06. The van der Waals surface area contributed by atoms with E-state index in [-0.39, 0.29) is 23.8 Å². The molecule has 0 spiro atoms. The largest absolute Gasteiger partial charge is 0.455 e. The van der Waals surface area contributed by atoms with Crippen LogP contribution in [0.4, 0.5) is 0 Å². The normalized spacial score (nSPS) is 15.5. The Labute approximate surface area is 127 Å². The Kier molecular flexibility index (Phi) is 5.31. The van der Waals surface area contributed by atoms with Crippen molar-refractivity contribution in [3.63, 3.8) is 0 Å². The molecule has 1 atom stereocenters. The first-order valence-electron chi connectivity index (χ1n) is 6.43. The molecule has 0 heterocycles. The van der Waals surface area contributed by atoms with E-state index >= 15 is 0 Å². The third-order valence-corrected chi connectivity index (χ3v) is 4.09. The molecule has 0 aliphatic heterocycles. The number of carbonyl (C=O) groups excluding carboxylic acids is 2. The van der Waals surface area contributed by atoms with Crippen LogP contribution in [0.25, 0.3) is 0 Å². The number of benzene rings is 1. The molecule has 0 aromatic heterocycles. The Bertz CT molecular complexity index is 488. The second kappa shape index (κ2) is 6.99. The van der Waals surface area contributed by atoms with Gasteiger partial charge in [0.15, 0.2) is 6.61 Å². The van der Waals surface area contributed by atoms with Crippen LogP contribution >= 0.6 is 23.4 Å². The van der Waals surface area contributed by atoms with E-state index in [0.717, 1.165) is 17.7 Å². The van der Waals surface area contributed by atoms with Gasteiger partial charge in [-0.2, -0.15) is 0 Å². The van der Waals surface area contributed by atoms with Crippen molar-refractivity contribution >= 4 is 35.2 Å². The maximum absolute atomic E-state index is 11.8. The summed E-state index contributed by atoms with van der Waals surface area (Å²) >= 11 is 7.17. The van der Waals surface area contributed by atoms with Crippen molar-refractivity contribution in [1.29, 1.82) is 0 Å². The molecule has 4 nitrogen and oxygen atoms in total. The number of amides is 1. The minimum absolute atomic E-state index is 0.207. The van der Waals surface area contributed by atoms with Crippen molar-refractivity contribution in [2.24, 2.45) is 0 Å². The smallest absolute Gasteiger partial charge is 0.319 e. The highest BCUT2D eigenvalue weighted by Gasteiger charge is 2.24. The van der Waals surface area contributed by atoms with Crippen LogP contribution in [0.5, 0.6) is 0 Å². The fourth-order valence-corrected chi connectivity index (χ4v) is 2.51. The van der Waals surface area contributed by atoms with Gasteiger partial charge in [-0.05, 0) is 44.0 Å². The van der Waals surface area contributed by atoms with Crippen LogP contribution in [0.2, 0.25) is 5.02 Å². The average Bonchev–Trinajstić information content (AvgIpc) is 3.22. The van der Waals surface area contributed by atoms with Gasteiger partial charge in [0.25, 0.3) is 5.91 Å². The number of esters is 1. The molecule has 0 bridgehead atoms. The number of carbonyl (C=O) groups is 2. The zero-order chi connectivity index (χ0) is 14.5. The van der Waals surface area contributed by atoms with Gasteiger partial charge >= 0.3 is 5.97 Å². The van der Waals surface area contributed by atoms with Crippen LogP contribution in [0.1, 0.15) is 19.8 Å². The van der Waals surface area contributed by atoms with Crippen LogP contribution in [-0.2, 0) is 14.3 Å². The fraction of sp³-hybridized carbons (Fsp3) is 0.429.